The van der Waals surface area contributed by atoms with Crippen LogP contribution in [-0.2, 0) is 6.42 Å². The number of hydrogen-bond donors (Lipinski definition) is 1. The van der Waals surface area contributed by atoms with Crippen molar-refractivity contribution in [2.24, 2.45) is 0 Å². The van der Waals surface area contributed by atoms with Crippen LogP contribution in [0, 0.1) is 5.82 Å². The van der Waals surface area contributed by atoms with Gasteiger partial charge in [-0.1, -0.05) is 42.5 Å². The second-order valence-electron chi connectivity index (χ2n) is 7.70. The van der Waals surface area contributed by atoms with E-state index in [-0.39, 0.29) is 17.5 Å². The van der Waals surface area contributed by atoms with Crippen LogP contribution in [0.15, 0.2) is 72.8 Å². The Labute approximate surface area is 180 Å². The summed E-state index contributed by atoms with van der Waals surface area (Å²) in [6.45, 7) is 3.01. The SMILES string of the molecule is CCOc1cccc([C@H]2c3[nH]c4ccccc4c3CCN2C(=O)c2ccccc2F)c1. The zero-order chi connectivity index (χ0) is 21.4. The van der Waals surface area contributed by atoms with Crippen molar-refractivity contribution in [3.63, 3.8) is 0 Å². The number of para-hydroxylation sites is 1. The summed E-state index contributed by atoms with van der Waals surface area (Å²) in [4.78, 5) is 18.8. The van der Waals surface area contributed by atoms with Crippen LogP contribution < -0.4 is 4.74 Å². The topological polar surface area (TPSA) is 45.3 Å². The fourth-order valence-electron chi connectivity index (χ4n) is 4.54. The monoisotopic (exact) mass is 414 g/mol. The van der Waals surface area contributed by atoms with Crippen LogP contribution in [0.2, 0.25) is 0 Å². The first kappa shape index (κ1) is 19.4. The summed E-state index contributed by atoms with van der Waals surface area (Å²) in [7, 11) is 0. The van der Waals surface area contributed by atoms with Gasteiger partial charge in [-0.25, -0.2) is 4.39 Å². The van der Waals surface area contributed by atoms with Crippen LogP contribution in [-0.4, -0.2) is 28.9 Å². The van der Waals surface area contributed by atoms with E-state index in [0.29, 0.717) is 19.6 Å². The summed E-state index contributed by atoms with van der Waals surface area (Å²) in [5, 5.41) is 1.17. The molecule has 1 aromatic heterocycles. The summed E-state index contributed by atoms with van der Waals surface area (Å²) in [5.74, 6) is -0.0625. The van der Waals surface area contributed by atoms with Crippen molar-refractivity contribution in [1.29, 1.82) is 0 Å². The molecule has 1 aliphatic heterocycles. The average molecular weight is 414 g/mol. The highest BCUT2D eigenvalue weighted by Crippen LogP contribution is 2.40. The number of aromatic amines is 1. The minimum absolute atomic E-state index is 0.0908. The van der Waals surface area contributed by atoms with Crippen molar-refractivity contribution in [3.8, 4) is 5.75 Å². The minimum Gasteiger partial charge on any atom is -0.494 e. The Morgan fingerprint density at radius 3 is 2.74 bits per heavy atom. The Bertz CT molecular complexity index is 1260. The molecule has 5 rings (SSSR count). The maximum Gasteiger partial charge on any atom is 0.257 e. The van der Waals surface area contributed by atoms with Crippen LogP contribution in [0.5, 0.6) is 5.75 Å². The molecule has 3 aromatic carbocycles. The van der Waals surface area contributed by atoms with Crippen molar-refractivity contribution in [2.75, 3.05) is 13.2 Å². The van der Waals surface area contributed by atoms with E-state index in [1.807, 2.05) is 49.4 Å². The molecule has 0 saturated carbocycles. The highest BCUT2D eigenvalue weighted by Gasteiger charge is 2.35. The molecule has 1 atom stereocenters. The lowest BCUT2D eigenvalue weighted by Crippen LogP contribution is -2.41. The van der Waals surface area contributed by atoms with Gasteiger partial charge in [0, 0.05) is 23.1 Å². The molecule has 0 unspecified atom stereocenters. The summed E-state index contributed by atoms with van der Waals surface area (Å²) in [5.41, 5.74) is 4.25. The van der Waals surface area contributed by atoms with Crippen molar-refractivity contribution >= 4 is 16.8 Å². The molecule has 156 valence electrons. The van der Waals surface area contributed by atoms with Gasteiger partial charge in [0.1, 0.15) is 11.6 Å². The molecule has 0 bridgehead atoms. The van der Waals surface area contributed by atoms with Gasteiger partial charge in [-0.15, -0.1) is 0 Å². The van der Waals surface area contributed by atoms with Gasteiger partial charge in [-0.3, -0.25) is 4.79 Å². The smallest absolute Gasteiger partial charge is 0.257 e. The zero-order valence-corrected chi connectivity index (χ0v) is 17.3. The number of nitrogens with zero attached hydrogens (tertiary/aromatic N) is 1. The number of ether oxygens (including phenoxy) is 1. The normalized spacial score (nSPS) is 15.7. The number of H-pyrrole nitrogens is 1. The highest BCUT2D eigenvalue weighted by molar-refractivity contribution is 5.96. The molecule has 0 radical (unpaired) electrons. The molecule has 0 spiro atoms. The molecule has 31 heavy (non-hydrogen) atoms. The van der Waals surface area contributed by atoms with E-state index < -0.39 is 5.82 Å². The number of amides is 1. The lowest BCUT2D eigenvalue weighted by Gasteiger charge is -2.36. The summed E-state index contributed by atoms with van der Waals surface area (Å²) < 4.78 is 20.2. The van der Waals surface area contributed by atoms with Crippen molar-refractivity contribution in [1.82, 2.24) is 9.88 Å². The minimum atomic E-state index is -0.503. The van der Waals surface area contributed by atoms with Gasteiger partial charge in [-0.05, 0) is 54.8 Å². The molecule has 1 aliphatic rings. The van der Waals surface area contributed by atoms with E-state index in [9.17, 15) is 9.18 Å². The molecule has 2 heterocycles. The predicted molar refractivity (Wildman–Crippen MR) is 119 cm³/mol. The average Bonchev–Trinajstić information content (AvgIpc) is 3.17. The van der Waals surface area contributed by atoms with E-state index in [4.69, 9.17) is 4.74 Å². The van der Waals surface area contributed by atoms with Gasteiger partial charge in [0.25, 0.3) is 5.91 Å². The number of rotatable bonds is 4. The van der Waals surface area contributed by atoms with Crippen LogP contribution >= 0.6 is 0 Å². The molecule has 1 N–H and O–H groups in total. The van der Waals surface area contributed by atoms with E-state index in [1.54, 1.807) is 23.1 Å². The Morgan fingerprint density at radius 1 is 1.10 bits per heavy atom. The molecule has 4 aromatic rings. The Hall–Kier alpha value is -3.60. The fraction of sp³-hybridized carbons (Fsp3) is 0.192. The summed E-state index contributed by atoms with van der Waals surface area (Å²) in [6.07, 6.45) is 0.710. The predicted octanol–water partition coefficient (Wildman–Crippen LogP) is 5.49. The third kappa shape index (κ3) is 3.36. The lowest BCUT2D eigenvalue weighted by atomic mass is 9.91. The molecule has 1 amide bonds. The first-order chi connectivity index (χ1) is 15.2. The van der Waals surface area contributed by atoms with E-state index >= 15 is 0 Å². The van der Waals surface area contributed by atoms with Gasteiger partial charge < -0.3 is 14.6 Å². The lowest BCUT2D eigenvalue weighted by molar-refractivity contribution is 0.0687. The van der Waals surface area contributed by atoms with Crippen molar-refractivity contribution < 1.29 is 13.9 Å². The summed E-state index contributed by atoms with van der Waals surface area (Å²) >= 11 is 0. The number of carbonyl (C=O) groups is 1. The first-order valence-corrected chi connectivity index (χ1v) is 10.5. The third-order valence-electron chi connectivity index (χ3n) is 5.88. The largest absolute Gasteiger partial charge is 0.494 e. The van der Waals surface area contributed by atoms with Gasteiger partial charge in [0.15, 0.2) is 0 Å². The highest BCUT2D eigenvalue weighted by atomic mass is 19.1. The molecule has 0 aliphatic carbocycles. The van der Waals surface area contributed by atoms with Crippen LogP contribution in [0.25, 0.3) is 10.9 Å². The Balaban J connectivity index is 1.67. The Kier molecular flexibility index (Phi) is 4.94. The number of benzene rings is 3. The van der Waals surface area contributed by atoms with Crippen molar-refractivity contribution in [3.05, 3.63) is 101 Å². The second-order valence-corrected chi connectivity index (χ2v) is 7.70. The molecular formula is C26H23FN2O2. The first-order valence-electron chi connectivity index (χ1n) is 10.5. The van der Waals surface area contributed by atoms with Gasteiger partial charge in [-0.2, -0.15) is 0 Å². The molecule has 0 fully saturated rings. The van der Waals surface area contributed by atoms with Gasteiger partial charge in [0.2, 0.25) is 0 Å². The molecule has 5 heteroatoms. The summed E-state index contributed by atoms with van der Waals surface area (Å²) in [6, 6.07) is 21.8. The van der Waals surface area contributed by atoms with Gasteiger partial charge in [0.05, 0.1) is 18.2 Å². The number of hydrogen-bond acceptors (Lipinski definition) is 2. The van der Waals surface area contributed by atoms with Crippen LogP contribution in [0.3, 0.4) is 0 Å². The number of fused-ring (bicyclic) bond motifs is 3. The maximum absolute atomic E-state index is 14.5. The van der Waals surface area contributed by atoms with Crippen LogP contribution in [0.4, 0.5) is 4.39 Å². The van der Waals surface area contributed by atoms with E-state index in [0.717, 1.165) is 22.5 Å². The zero-order valence-electron chi connectivity index (χ0n) is 17.3. The second kappa shape index (κ2) is 7.91. The number of nitrogens with one attached hydrogen (secondary N) is 1. The number of carbonyl (C=O) groups excluding carboxylic acids is 1. The molecular weight excluding hydrogens is 391 g/mol. The quantitative estimate of drug-likeness (QED) is 0.480. The van der Waals surface area contributed by atoms with Crippen molar-refractivity contribution in [2.45, 2.75) is 19.4 Å². The number of halogens is 1. The standard InChI is InChI=1S/C26H23FN2O2/c1-2-31-18-9-7-8-17(16-18)25-24-20(19-10-4-6-13-23(19)28-24)14-15-29(25)26(30)21-11-3-5-12-22(21)27/h3-13,16,25,28H,2,14-15H2,1H3/t25-/m0/s1. The van der Waals surface area contributed by atoms with Gasteiger partial charge >= 0.3 is 0 Å². The molecule has 0 saturated heterocycles. The maximum atomic E-state index is 14.5. The number of aromatic nitrogens is 1. The van der Waals surface area contributed by atoms with E-state index in [1.165, 1.54) is 17.0 Å². The molecule has 4 nitrogen and oxygen atoms in total. The van der Waals surface area contributed by atoms with Crippen LogP contribution in [0.1, 0.15) is 40.1 Å². The van der Waals surface area contributed by atoms with E-state index in [2.05, 4.69) is 11.1 Å². The Morgan fingerprint density at radius 2 is 1.90 bits per heavy atom. The third-order valence-corrected chi connectivity index (χ3v) is 5.88. The fourth-order valence-corrected chi connectivity index (χ4v) is 4.54.